The van der Waals surface area contributed by atoms with Crippen LogP contribution in [0, 0.1) is 0 Å². The topological polar surface area (TPSA) is 115 Å². The first-order valence-electron chi connectivity index (χ1n) is 6.91. The molecular weight excluding hydrogens is 294 g/mol. The quantitative estimate of drug-likeness (QED) is 0.423. The van der Waals surface area contributed by atoms with E-state index in [0.717, 1.165) is 0 Å². The Balaban J connectivity index is 2.33. The zero-order valence-electron chi connectivity index (χ0n) is 12.4. The second kappa shape index (κ2) is 7.34. The molecule has 122 valence electrons. The molecule has 2 N–H and O–H groups in total. The van der Waals surface area contributed by atoms with Crippen molar-refractivity contribution in [3.8, 4) is 0 Å². The Morgan fingerprint density at radius 2 is 2.23 bits per heavy atom. The van der Waals surface area contributed by atoms with Gasteiger partial charge in [-0.3, -0.25) is 14.3 Å². The average Bonchev–Trinajstić information content (AvgIpc) is 2.85. The van der Waals surface area contributed by atoms with Crippen molar-refractivity contribution in [3.63, 3.8) is 0 Å². The maximum Gasteiger partial charge on any atom is 0.330 e. The predicted molar refractivity (Wildman–Crippen MR) is 76.4 cm³/mol. The Labute approximate surface area is 126 Å². The molecule has 1 aliphatic rings. The lowest BCUT2D eigenvalue weighted by Gasteiger charge is -2.20. The number of aromatic nitrogens is 2. The molecule has 0 radical (unpaired) electrons. The zero-order chi connectivity index (χ0) is 16.1. The fraction of sp³-hybridized carbons (Fsp3) is 0.615. The number of ether oxygens (including phenoxy) is 3. The first kappa shape index (κ1) is 16.4. The normalized spacial score (nSPS) is 26.6. The summed E-state index contributed by atoms with van der Waals surface area (Å²) in [4.78, 5) is 25.3. The van der Waals surface area contributed by atoms with E-state index in [1.165, 1.54) is 23.9 Å². The van der Waals surface area contributed by atoms with Gasteiger partial charge in [-0.2, -0.15) is 0 Å². The van der Waals surface area contributed by atoms with Crippen LogP contribution in [0.1, 0.15) is 19.6 Å². The summed E-state index contributed by atoms with van der Waals surface area (Å²) in [6, 6.07) is 1.21. The van der Waals surface area contributed by atoms with E-state index in [1.54, 1.807) is 0 Å². The summed E-state index contributed by atoms with van der Waals surface area (Å²) in [6.07, 6.45) is -0.156. The SMILES string of the molecule is CC[C@H]1O[C@@H](n2ccc(=O)[nH]c2=O)[C@H](OCCOC)C1=NO. The van der Waals surface area contributed by atoms with E-state index in [0.29, 0.717) is 18.7 Å². The van der Waals surface area contributed by atoms with E-state index in [9.17, 15) is 14.8 Å². The van der Waals surface area contributed by atoms with Crippen LogP contribution in [-0.2, 0) is 14.2 Å². The smallest absolute Gasteiger partial charge is 0.330 e. The standard InChI is InChI=1S/C13H19N3O6/c1-3-8-10(15-19)11(21-7-6-20-2)12(22-8)16-5-4-9(17)14-13(16)18/h4-5,8,11-12,19H,3,6-7H2,1-2H3,(H,14,17,18)/t8-,11-,12-/m1/s1. The summed E-state index contributed by atoms with van der Waals surface area (Å²) >= 11 is 0. The molecule has 1 aromatic heterocycles. The van der Waals surface area contributed by atoms with Crippen molar-refractivity contribution in [3.05, 3.63) is 33.1 Å². The van der Waals surface area contributed by atoms with Crippen LogP contribution in [0.3, 0.4) is 0 Å². The van der Waals surface area contributed by atoms with Crippen molar-refractivity contribution in [1.82, 2.24) is 9.55 Å². The third-order valence-corrected chi connectivity index (χ3v) is 3.38. The molecule has 0 aromatic carbocycles. The van der Waals surface area contributed by atoms with Gasteiger partial charge in [0.2, 0.25) is 0 Å². The average molecular weight is 313 g/mol. The molecule has 0 amide bonds. The number of nitrogens with zero attached hydrogens (tertiary/aromatic N) is 2. The molecule has 22 heavy (non-hydrogen) atoms. The molecule has 1 aliphatic heterocycles. The molecule has 3 atom stereocenters. The maximum atomic E-state index is 11.9. The van der Waals surface area contributed by atoms with Crippen molar-refractivity contribution < 1.29 is 19.4 Å². The minimum absolute atomic E-state index is 0.245. The van der Waals surface area contributed by atoms with E-state index in [-0.39, 0.29) is 6.61 Å². The summed E-state index contributed by atoms with van der Waals surface area (Å²) < 4.78 is 17.5. The Kier molecular flexibility index (Phi) is 5.47. The first-order valence-corrected chi connectivity index (χ1v) is 6.91. The molecule has 1 saturated heterocycles. The van der Waals surface area contributed by atoms with Crippen LogP contribution in [0.2, 0.25) is 0 Å². The summed E-state index contributed by atoms with van der Waals surface area (Å²) in [5, 5.41) is 12.5. The fourth-order valence-electron chi connectivity index (χ4n) is 2.33. The van der Waals surface area contributed by atoms with Gasteiger partial charge in [0, 0.05) is 19.4 Å². The van der Waals surface area contributed by atoms with Crippen molar-refractivity contribution in [2.24, 2.45) is 5.16 Å². The number of hydrogen-bond donors (Lipinski definition) is 2. The van der Waals surface area contributed by atoms with Crippen LogP contribution in [0.4, 0.5) is 0 Å². The van der Waals surface area contributed by atoms with Crippen LogP contribution in [0.25, 0.3) is 0 Å². The third kappa shape index (κ3) is 3.26. The lowest BCUT2D eigenvalue weighted by molar-refractivity contribution is -0.0707. The van der Waals surface area contributed by atoms with Crippen LogP contribution in [0.15, 0.2) is 27.0 Å². The van der Waals surface area contributed by atoms with Crippen molar-refractivity contribution in [2.45, 2.75) is 31.8 Å². The largest absolute Gasteiger partial charge is 0.411 e. The van der Waals surface area contributed by atoms with Gasteiger partial charge >= 0.3 is 5.69 Å². The van der Waals surface area contributed by atoms with Gasteiger partial charge in [-0.15, -0.1) is 0 Å². The lowest BCUT2D eigenvalue weighted by atomic mass is 10.1. The van der Waals surface area contributed by atoms with Crippen molar-refractivity contribution >= 4 is 5.71 Å². The minimum atomic E-state index is -0.822. The monoisotopic (exact) mass is 313 g/mol. The fourth-order valence-corrected chi connectivity index (χ4v) is 2.33. The van der Waals surface area contributed by atoms with Gasteiger partial charge in [-0.1, -0.05) is 12.1 Å². The number of hydrogen-bond acceptors (Lipinski definition) is 7. The molecule has 1 fully saturated rings. The molecule has 1 aromatic rings. The molecule has 0 bridgehead atoms. The Morgan fingerprint density at radius 3 is 2.82 bits per heavy atom. The molecule has 0 spiro atoms. The first-order chi connectivity index (χ1) is 10.6. The third-order valence-electron chi connectivity index (χ3n) is 3.38. The number of aromatic amines is 1. The van der Waals surface area contributed by atoms with Gasteiger partial charge < -0.3 is 19.4 Å². The number of oxime groups is 1. The highest BCUT2D eigenvalue weighted by atomic mass is 16.6. The van der Waals surface area contributed by atoms with Gasteiger partial charge in [-0.05, 0) is 6.42 Å². The van der Waals surface area contributed by atoms with Gasteiger partial charge in [0.25, 0.3) is 5.56 Å². The van der Waals surface area contributed by atoms with E-state index >= 15 is 0 Å². The molecule has 0 aliphatic carbocycles. The van der Waals surface area contributed by atoms with Crippen LogP contribution in [-0.4, -0.2) is 53.0 Å². The highest BCUT2D eigenvalue weighted by molar-refractivity contribution is 5.94. The Morgan fingerprint density at radius 1 is 1.45 bits per heavy atom. The summed E-state index contributed by atoms with van der Waals surface area (Å²) in [5.74, 6) is 0. The highest BCUT2D eigenvalue weighted by Crippen LogP contribution is 2.29. The van der Waals surface area contributed by atoms with Crippen LogP contribution in [0.5, 0.6) is 0 Å². The Hall–Kier alpha value is -1.97. The zero-order valence-corrected chi connectivity index (χ0v) is 12.4. The Bertz CT molecular complexity index is 637. The second-order valence-corrected chi connectivity index (χ2v) is 4.75. The van der Waals surface area contributed by atoms with E-state index in [2.05, 4.69) is 10.1 Å². The maximum absolute atomic E-state index is 11.9. The number of rotatable bonds is 6. The number of methoxy groups -OCH3 is 1. The van der Waals surface area contributed by atoms with Gasteiger partial charge in [0.15, 0.2) is 6.23 Å². The molecule has 2 rings (SSSR count). The molecule has 9 heteroatoms. The molecule has 9 nitrogen and oxygen atoms in total. The van der Waals surface area contributed by atoms with E-state index < -0.39 is 29.7 Å². The van der Waals surface area contributed by atoms with Crippen LogP contribution >= 0.6 is 0 Å². The van der Waals surface area contributed by atoms with Crippen molar-refractivity contribution in [1.29, 1.82) is 0 Å². The van der Waals surface area contributed by atoms with Crippen LogP contribution < -0.4 is 11.2 Å². The van der Waals surface area contributed by atoms with Gasteiger partial charge in [0.05, 0.1) is 13.2 Å². The number of H-pyrrole nitrogens is 1. The lowest BCUT2D eigenvalue weighted by Crippen LogP contribution is -2.38. The highest BCUT2D eigenvalue weighted by Gasteiger charge is 2.43. The minimum Gasteiger partial charge on any atom is -0.411 e. The molecule has 2 heterocycles. The summed E-state index contributed by atoms with van der Waals surface area (Å²) in [5.41, 5.74) is -0.812. The summed E-state index contributed by atoms with van der Waals surface area (Å²) in [7, 11) is 1.54. The molecular formula is C13H19N3O6. The van der Waals surface area contributed by atoms with Gasteiger partial charge in [0.1, 0.15) is 17.9 Å². The van der Waals surface area contributed by atoms with Gasteiger partial charge in [-0.25, -0.2) is 4.79 Å². The predicted octanol–water partition coefficient (Wildman–Crippen LogP) is -0.294. The molecule has 0 saturated carbocycles. The summed E-state index contributed by atoms with van der Waals surface area (Å²) in [6.45, 7) is 2.45. The van der Waals surface area contributed by atoms with Crippen molar-refractivity contribution in [2.75, 3.05) is 20.3 Å². The second-order valence-electron chi connectivity index (χ2n) is 4.75. The number of nitrogens with one attached hydrogen (secondary N) is 1. The van der Waals surface area contributed by atoms with E-state index in [1.807, 2.05) is 6.92 Å². The van der Waals surface area contributed by atoms with E-state index in [4.69, 9.17) is 14.2 Å². The molecule has 0 unspecified atom stereocenters.